The first kappa shape index (κ1) is 13.0. The van der Waals surface area contributed by atoms with Crippen LogP contribution in [0.4, 0.5) is 0 Å². The first-order chi connectivity index (χ1) is 9.28. The molecule has 0 radical (unpaired) electrons. The maximum absolute atomic E-state index is 10.2. The van der Waals surface area contributed by atoms with E-state index in [0.29, 0.717) is 0 Å². The Kier molecular flexibility index (Phi) is 3.81. The van der Waals surface area contributed by atoms with Gasteiger partial charge in [0, 0.05) is 32.8 Å². The highest BCUT2D eigenvalue weighted by atomic mass is 16.5. The molecule has 0 bridgehead atoms. The highest BCUT2D eigenvalue weighted by molar-refractivity contribution is 4.95. The first-order valence-corrected chi connectivity index (χ1v) is 7.15. The molecule has 0 saturated carbocycles. The number of hydrogen-bond donors (Lipinski definition) is 1. The zero-order valence-corrected chi connectivity index (χ0v) is 11.2. The fourth-order valence-electron chi connectivity index (χ4n) is 3.14. The molecule has 1 atom stereocenters. The van der Waals surface area contributed by atoms with E-state index in [1.54, 1.807) is 12.7 Å². The summed E-state index contributed by atoms with van der Waals surface area (Å²) in [6.45, 7) is 4.73. The Bertz CT molecular complexity index is 387. The maximum Gasteiger partial charge on any atom is 0.119 e. The topological polar surface area (TPSA) is 63.4 Å². The lowest BCUT2D eigenvalue weighted by Crippen LogP contribution is -2.55. The Hall–Kier alpha value is -0.980. The van der Waals surface area contributed by atoms with Crippen molar-refractivity contribution in [2.24, 2.45) is 0 Å². The van der Waals surface area contributed by atoms with E-state index in [4.69, 9.17) is 4.74 Å². The summed E-state index contributed by atoms with van der Waals surface area (Å²) >= 11 is 0. The van der Waals surface area contributed by atoms with E-state index >= 15 is 0 Å². The summed E-state index contributed by atoms with van der Waals surface area (Å²) in [4.78, 5) is 2.43. The number of aromatic nitrogens is 3. The van der Waals surface area contributed by atoms with Crippen LogP contribution in [0.15, 0.2) is 12.7 Å². The van der Waals surface area contributed by atoms with Crippen molar-refractivity contribution in [2.75, 3.05) is 26.2 Å². The molecule has 2 aliphatic heterocycles. The minimum Gasteiger partial charge on any atom is -0.390 e. The van der Waals surface area contributed by atoms with Crippen molar-refractivity contribution < 1.29 is 9.84 Å². The van der Waals surface area contributed by atoms with Crippen molar-refractivity contribution in [2.45, 2.75) is 43.9 Å². The Morgan fingerprint density at radius 1 is 1.21 bits per heavy atom. The Balaban J connectivity index is 1.49. The Labute approximate surface area is 113 Å². The van der Waals surface area contributed by atoms with E-state index < -0.39 is 0 Å². The third kappa shape index (κ3) is 2.80. The van der Waals surface area contributed by atoms with Crippen LogP contribution in [0.25, 0.3) is 0 Å². The van der Waals surface area contributed by atoms with E-state index in [9.17, 15) is 5.11 Å². The van der Waals surface area contributed by atoms with Gasteiger partial charge in [0.2, 0.25) is 0 Å². The third-order valence-electron chi connectivity index (χ3n) is 4.46. The van der Waals surface area contributed by atoms with Gasteiger partial charge in [0.15, 0.2) is 0 Å². The Morgan fingerprint density at radius 2 is 1.95 bits per heavy atom. The number of rotatable bonds is 3. The average Bonchev–Trinajstić information content (AvgIpc) is 2.95. The lowest BCUT2D eigenvalue weighted by atomic mass is 9.82. The fraction of sp³-hybridized carbons (Fsp3) is 0.846. The van der Waals surface area contributed by atoms with Crippen molar-refractivity contribution in [1.82, 2.24) is 19.7 Å². The molecule has 2 aliphatic rings. The fourth-order valence-corrected chi connectivity index (χ4v) is 3.14. The van der Waals surface area contributed by atoms with Crippen molar-refractivity contribution in [3.63, 3.8) is 0 Å². The number of nitrogens with zero attached hydrogens (tertiary/aromatic N) is 4. The number of piperidine rings is 1. The zero-order chi connectivity index (χ0) is 13.1. The van der Waals surface area contributed by atoms with Gasteiger partial charge in [0.25, 0.3) is 0 Å². The largest absolute Gasteiger partial charge is 0.390 e. The van der Waals surface area contributed by atoms with Crippen LogP contribution in [0.3, 0.4) is 0 Å². The van der Waals surface area contributed by atoms with E-state index in [1.807, 2.05) is 4.57 Å². The molecule has 0 aliphatic carbocycles. The molecule has 106 valence electrons. The zero-order valence-electron chi connectivity index (χ0n) is 11.2. The molecule has 3 heterocycles. The highest BCUT2D eigenvalue weighted by Gasteiger charge is 2.43. The summed E-state index contributed by atoms with van der Waals surface area (Å²) in [5, 5.41) is 17.8. The Morgan fingerprint density at radius 3 is 2.63 bits per heavy atom. The monoisotopic (exact) mass is 266 g/mol. The summed E-state index contributed by atoms with van der Waals surface area (Å²) in [5.41, 5.74) is -0.259. The lowest BCUT2D eigenvalue weighted by Gasteiger charge is -2.46. The second-order valence-corrected chi connectivity index (χ2v) is 5.61. The maximum atomic E-state index is 10.2. The number of aliphatic hydroxyl groups is 1. The highest BCUT2D eigenvalue weighted by Crippen LogP contribution is 2.35. The molecular weight excluding hydrogens is 244 g/mol. The van der Waals surface area contributed by atoms with E-state index in [0.717, 1.165) is 58.5 Å². The van der Waals surface area contributed by atoms with Crippen LogP contribution in [-0.2, 0) is 11.3 Å². The quantitative estimate of drug-likeness (QED) is 0.851. The van der Waals surface area contributed by atoms with Gasteiger partial charge in [-0.05, 0) is 25.7 Å². The lowest BCUT2D eigenvalue weighted by molar-refractivity contribution is -0.176. The van der Waals surface area contributed by atoms with Crippen molar-refractivity contribution in [3.05, 3.63) is 12.7 Å². The van der Waals surface area contributed by atoms with Gasteiger partial charge < -0.3 is 19.3 Å². The van der Waals surface area contributed by atoms with Crippen LogP contribution in [-0.4, -0.2) is 62.7 Å². The number of hydrogen-bond acceptors (Lipinski definition) is 5. The second kappa shape index (κ2) is 5.56. The molecular formula is C13H22N4O2. The minimum absolute atomic E-state index is 0.259. The molecule has 1 unspecified atom stereocenters. The molecule has 1 spiro atoms. The molecule has 6 nitrogen and oxygen atoms in total. The van der Waals surface area contributed by atoms with Gasteiger partial charge >= 0.3 is 0 Å². The number of ether oxygens (including phenoxy) is 1. The van der Waals surface area contributed by atoms with Crippen LogP contribution in [0.2, 0.25) is 0 Å². The molecule has 6 heteroatoms. The molecule has 3 rings (SSSR count). The normalized spacial score (nSPS) is 27.7. The second-order valence-electron chi connectivity index (χ2n) is 5.61. The number of likely N-dealkylation sites (tertiary alicyclic amines) is 1. The molecule has 1 aromatic heterocycles. The van der Waals surface area contributed by atoms with Crippen LogP contribution in [0.5, 0.6) is 0 Å². The summed E-state index contributed by atoms with van der Waals surface area (Å²) in [6, 6.07) is 0. The van der Waals surface area contributed by atoms with E-state index in [1.165, 1.54) is 0 Å². The van der Waals surface area contributed by atoms with Crippen molar-refractivity contribution in [3.8, 4) is 0 Å². The first-order valence-electron chi connectivity index (χ1n) is 7.15. The van der Waals surface area contributed by atoms with Gasteiger partial charge in [-0.15, -0.1) is 10.2 Å². The number of aliphatic hydroxyl groups excluding tert-OH is 1. The van der Waals surface area contributed by atoms with Gasteiger partial charge in [-0.3, -0.25) is 0 Å². The molecule has 0 aromatic carbocycles. The summed E-state index contributed by atoms with van der Waals surface area (Å²) in [5.74, 6) is 0. The van der Waals surface area contributed by atoms with Crippen LogP contribution < -0.4 is 0 Å². The van der Waals surface area contributed by atoms with E-state index in [-0.39, 0.29) is 11.7 Å². The van der Waals surface area contributed by atoms with Crippen molar-refractivity contribution in [1.29, 1.82) is 0 Å². The summed E-state index contributed by atoms with van der Waals surface area (Å²) in [7, 11) is 0. The van der Waals surface area contributed by atoms with Gasteiger partial charge in [0.1, 0.15) is 12.7 Å². The van der Waals surface area contributed by atoms with E-state index in [2.05, 4.69) is 15.1 Å². The van der Waals surface area contributed by atoms with Crippen LogP contribution in [0.1, 0.15) is 25.7 Å². The predicted molar refractivity (Wildman–Crippen MR) is 69.6 cm³/mol. The molecule has 0 amide bonds. The van der Waals surface area contributed by atoms with Crippen molar-refractivity contribution >= 4 is 0 Å². The smallest absolute Gasteiger partial charge is 0.119 e. The summed E-state index contributed by atoms with van der Waals surface area (Å²) in [6.07, 6.45) is 6.98. The van der Waals surface area contributed by atoms with Gasteiger partial charge in [-0.1, -0.05) is 0 Å². The van der Waals surface area contributed by atoms with Crippen LogP contribution in [0, 0.1) is 0 Å². The SMILES string of the molecule is OC1CCCOC12CCN(CCn1cnnc1)CC2. The van der Waals surface area contributed by atoms with Gasteiger partial charge in [-0.2, -0.15) is 0 Å². The molecule has 2 fully saturated rings. The molecule has 1 N–H and O–H groups in total. The molecule has 2 saturated heterocycles. The summed E-state index contributed by atoms with van der Waals surface area (Å²) < 4.78 is 7.91. The minimum atomic E-state index is -0.277. The van der Waals surface area contributed by atoms with Crippen LogP contribution >= 0.6 is 0 Å². The predicted octanol–water partition coefficient (Wildman–Crippen LogP) is 0.284. The third-order valence-corrected chi connectivity index (χ3v) is 4.46. The van der Waals surface area contributed by atoms with Gasteiger partial charge in [-0.25, -0.2) is 0 Å². The average molecular weight is 266 g/mol. The van der Waals surface area contributed by atoms with Gasteiger partial charge in [0.05, 0.1) is 11.7 Å². The molecule has 1 aromatic rings. The standard InChI is InChI=1S/C13H22N4O2/c18-12-2-1-9-19-13(12)3-5-16(6-4-13)7-8-17-10-14-15-11-17/h10-12,18H,1-9H2. The molecule has 19 heavy (non-hydrogen) atoms.